The van der Waals surface area contributed by atoms with E-state index < -0.39 is 23.8 Å². The summed E-state index contributed by atoms with van der Waals surface area (Å²) in [5.74, 6) is 0.101. The van der Waals surface area contributed by atoms with Crippen LogP contribution in [0, 0.1) is 5.41 Å². The fourth-order valence-electron chi connectivity index (χ4n) is 3.08. The zero-order chi connectivity index (χ0) is 13.4. The maximum absolute atomic E-state index is 12.5. The lowest BCUT2D eigenvalue weighted by Gasteiger charge is -2.48. The van der Waals surface area contributed by atoms with Gasteiger partial charge in [0.25, 0.3) is 0 Å². The van der Waals surface area contributed by atoms with Crippen molar-refractivity contribution in [3.63, 3.8) is 0 Å². The van der Waals surface area contributed by atoms with Crippen molar-refractivity contribution >= 4 is 5.78 Å². The van der Waals surface area contributed by atoms with Gasteiger partial charge in [0.15, 0.2) is 6.10 Å². The lowest BCUT2D eigenvalue weighted by molar-refractivity contribution is -0.249. The monoisotopic (exact) mass is 264 g/mol. The third kappa shape index (κ3) is 2.42. The van der Waals surface area contributed by atoms with Gasteiger partial charge in [0.05, 0.1) is 11.5 Å². The van der Waals surface area contributed by atoms with Gasteiger partial charge >= 0.3 is 6.18 Å². The summed E-state index contributed by atoms with van der Waals surface area (Å²) in [5.41, 5.74) is -0.601. The lowest BCUT2D eigenvalue weighted by Crippen LogP contribution is -2.57. The third-order valence-corrected chi connectivity index (χ3v) is 4.37. The van der Waals surface area contributed by atoms with Crippen molar-refractivity contribution in [1.29, 1.82) is 0 Å². The van der Waals surface area contributed by atoms with Crippen LogP contribution in [0.15, 0.2) is 0 Å². The normalized spacial score (nSPS) is 29.8. The van der Waals surface area contributed by atoms with Crippen LogP contribution in [-0.4, -0.2) is 24.2 Å². The van der Waals surface area contributed by atoms with E-state index in [1.807, 2.05) is 0 Å². The first-order valence-corrected chi connectivity index (χ1v) is 6.62. The SMILES string of the molecule is CC(OC1CC(=O)C12CCCCCC2)C(F)(F)F. The second-order valence-corrected chi connectivity index (χ2v) is 5.51. The molecule has 2 aliphatic rings. The summed E-state index contributed by atoms with van der Waals surface area (Å²) < 4.78 is 42.6. The maximum atomic E-state index is 12.5. The van der Waals surface area contributed by atoms with Crippen molar-refractivity contribution in [3.05, 3.63) is 0 Å². The molecule has 5 heteroatoms. The Bertz CT molecular complexity index is 317. The topological polar surface area (TPSA) is 26.3 Å². The molecule has 0 bridgehead atoms. The van der Waals surface area contributed by atoms with Crippen LogP contribution < -0.4 is 0 Å². The first-order valence-electron chi connectivity index (χ1n) is 6.62. The minimum absolute atomic E-state index is 0.101. The molecule has 0 heterocycles. The standard InChI is InChI=1S/C13H19F3O2/c1-9(13(14,15)16)18-11-8-10(17)12(11)6-4-2-3-5-7-12/h9,11H,2-8H2,1H3. The van der Waals surface area contributed by atoms with E-state index in [9.17, 15) is 18.0 Å². The molecular weight excluding hydrogens is 245 g/mol. The predicted molar refractivity (Wildman–Crippen MR) is 60.1 cm³/mol. The summed E-state index contributed by atoms with van der Waals surface area (Å²) in [5, 5.41) is 0. The highest BCUT2D eigenvalue weighted by atomic mass is 19.4. The summed E-state index contributed by atoms with van der Waals surface area (Å²) in [6.45, 7) is 1.02. The Morgan fingerprint density at radius 3 is 2.22 bits per heavy atom. The zero-order valence-corrected chi connectivity index (χ0v) is 10.6. The highest BCUT2D eigenvalue weighted by Crippen LogP contribution is 2.50. The molecular formula is C13H19F3O2. The summed E-state index contributed by atoms with van der Waals surface area (Å²) >= 11 is 0. The van der Waals surface area contributed by atoms with E-state index in [-0.39, 0.29) is 12.2 Å². The zero-order valence-electron chi connectivity index (χ0n) is 10.6. The van der Waals surface area contributed by atoms with Gasteiger partial charge in [0.1, 0.15) is 5.78 Å². The molecule has 18 heavy (non-hydrogen) atoms. The second-order valence-electron chi connectivity index (χ2n) is 5.51. The van der Waals surface area contributed by atoms with E-state index >= 15 is 0 Å². The smallest absolute Gasteiger partial charge is 0.364 e. The second kappa shape index (κ2) is 4.83. The van der Waals surface area contributed by atoms with Gasteiger partial charge in [-0.05, 0) is 19.8 Å². The van der Waals surface area contributed by atoms with Crippen molar-refractivity contribution in [2.45, 2.75) is 70.3 Å². The Kier molecular flexibility index (Phi) is 3.72. The summed E-state index contributed by atoms with van der Waals surface area (Å²) in [6, 6.07) is 0. The van der Waals surface area contributed by atoms with Crippen LogP contribution in [0.25, 0.3) is 0 Å². The molecule has 0 saturated heterocycles. The first-order chi connectivity index (χ1) is 8.36. The summed E-state index contributed by atoms with van der Waals surface area (Å²) in [6.07, 6.45) is -1.13. The molecule has 2 nitrogen and oxygen atoms in total. The fraction of sp³-hybridized carbons (Fsp3) is 0.923. The number of rotatable bonds is 2. The van der Waals surface area contributed by atoms with Crippen LogP contribution in [0.1, 0.15) is 51.9 Å². The molecule has 0 aromatic heterocycles. The quantitative estimate of drug-likeness (QED) is 0.761. The number of alkyl halides is 3. The molecule has 2 fully saturated rings. The van der Waals surface area contributed by atoms with Crippen molar-refractivity contribution in [2.75, 3.05) is 0 Å². The van der Waals surface area contributed by atoms with E-state index in [1.54, 1.807) is 0 Å². The third-order valence-electron chi connectivity index (χ3n) is 4.37. The number of carbonyl (C=O) groups is 1. The molecule has 0 N–H and O–H groups in total. The summed E-state index contributed by atoms with van der Waals surface area (Å²) in [4.78, 5) is 11.8. The number of hydrogen-bond acceptors (Lipinski definition) is 2. The average molecular weight is 264 g/mol. The minimum atomic E-state index is -4.34. The first kappa shape index (κ1) is 13.8. The van der Waals surface area contributed by atoms with Crippen LogP contribution in [0.3, 0.4) is 0 Å². The number of ketones is 1. The number of hydrogen-bond donors (Lipinski definition) is 0. The van der Waals surface area contributed by atoms with Crippen molar-refractivity contribution in [3.8, 4) is 0 Å². The minimum Gasteiger partial charge on any atom is -0.364 e. The van der Waals surface area contributed by atoms with Gasteiger partial charge in [-0.15, -0.1) is 0 Å². The van der Waals surface area contributed by atoms with Crippen molar-refractivity contribution < 1.29 is 22.7 Å². The van der Waals surface area contributed by atoms with Crippen molar-refractivity contribution in [1.82, 2.24) is 0 Å². The molecule has 2 rings (SSSR count). The van der Waals surface area contributed by atoms with Crippen LogP contribution in [0.4, 0.5) is 13.2 Å². The Hall–Kier alpha value is -0.580. The van der Waals surface area contributed by atoms with E-state index in [2.05, 4.69) is 0 Å². The Morgan fingerprint density at radius 1 is 1.22 bits per heavy atom. The average Bonchev–Trinajstić information content (AvgIpc) is 2.54. The molecule has 2 unspecified atom stereocenters. The van der Waals surface area contributed by atoms with E-state index in [1.165, 1.54) is 0 Å². The molecule has 1 spiro atoms. The molecule has 0 amide bonds. The van der Waals surface area contributed by atoms with Crippen LogP contribution in [-0.2, 0) is 9.53 Å². The number of Topliss-reactive ketones (excluding diaryl/α,β-unsaturated/α-hetero) is 1. The number of carbonyl (C=O) groups excluding carboxylic acids is 1. The molecule has 0 aromatic rings. The van der Waals surface area contributed by atoms with Gasteiger partial charge in [-0.3, -0.25) is 4.79 Å². The molecule has 2 saturated carbocycles. The lowest BCUT2D eigenvalue weighted by atomic mass is 9.60. The predicted octanol–water partition coefficient (Wildman–Crippen LogP) is 3.64. The van der Waals surface area contributed by atoms with Gasteiger partial charge in [0, 0.05) is 6.42 Å². The van der Waals surface area contributed by atoms with Crippen LogP contribution in [0.5, 0.6) is 0 Å². The largest absolute Gasteiger partial charge is 0.414 e. The fourth-order valence-corrected chi connectivity index (χ4v) is 3.08. The van der Waals surface area contributed by atoms with E-state index in [0.717, 1.165) is 32.6 Å². The summed E-state index contributed by atoms with van der Waals surface area (Å²) in [7, 11) is 0. The molecule has 104 valence electrons. The maximum Gasteiger partial charge on any atom is 0.414 e. The Labute approximate surface area is 105 Å². The van der Waals surface area contributed by atoms with Gasteiger partial charge < -0.3 is 4.74 Å². The molecule has 2 aliphatic carbocycles. The van der Waals surface area contributed by atoms with Gasteiger partial charge in [-0.1, -0.05) is 25.7 Å². The molecule has 0 aromatic carbocycles. The van der Waals surface area contributed by atoms with Crippen LogP contribution in [0.2, 0.25) is 0 Å². The molecule has 0 aliphatic heterocycles. The number of halogens is 3. The van der Waals surface area contributed by atoms with Crippen molar-refractivity contribution in [2.24, 2.45) is 5.41 Å². The van der Waals surface area contributed by atoms with Gasteiger partial charge in [0.2, 0.25) is 0 Å². The highest BCUT2D eigenvalue weighted by molar-refractivity contribution is 5.92. The molecule has 0 radical (unpaired) electrons. The van der Waals surface area contributed by atoms with Gasteiger partial charge in [-0.25, -0.2) is 0 Å². The van der Waals surface area contributed by atoms with Crippen LogP contribution >= 0.6 is 0 Å². The highest BCUT2D eigenvalue weighted by Gasteiger charge is 2.56. The van der Waals surface area contributed by atoms with E-state index in [0.29, 0.717) is 12.8 Å². The van der Waals surface area contributed by atoms with E-state index in [4.69, 9.17) is 4.74 Å². The Morgan fingerprint density at radius 2 is 1.78 bits per heavy atom. The van der Waals surface area contributed by atoms with Gasteiger partial charge in [-0.2, -0.15) is 13.2 Å². The Balaban J connectivity index is 2.03. The molecule has 2 atom stereocenters. The number of ether oxygens (including phenoxy) is 1.